The Labute approximate surface area is 88.7 Å². The second-order valence-electron chi connectivity index (χ2n) is 3.65. The van der Waals surface area contributed by atoms with Gasteiger partial charge in [-0.2, -0.15) is 0 Å². The summed E-state index contributed by atoms with van der Waals surface area (Å²) in [6.07, 6.45) is 11.8. The lowest BCUT2D eigenvalue weighted by Gasteiger charge is -1.98. The molecule has 0 aliphatic rings. The van der Waals surface area contributed by atoms with E-state index in [1.54, 1.807) is 0 Å². The highest BCUT2D eigenvalue weighted by molar-refractivity contribution is 5.37. The molecule has 0 saturated heterocycles. The summed E-state index contributed by atoms with van der Waals surface area (Å²) in [6, 6.07) is 0. The summed E-state index contributed by atoms with van der Waals surface area (Å²) in [7, 11) is 0. The van der Waals surface area contributed by atoms with Crippen molar-refractivity contribution in [1.29, 1.82) is 0 Å². The summed E-state index contributed by atoms with van der Waals surface area (Å²) < 4.78 is 0. The minimum Gasteiger partial charge on any atom is -0.0955 e. The molecule has 0 heterocycles. The molecule has 0 aromatic carbocycles. The lowest BCUT2D eigenvalue weighted by Crippen LogP contribution is -1.83. The molecule has 0 rings (SSSR count). The molecular formula is C14H22. The summed E-state index contributed by atoms with van der Waals surface area (Å²) in [5, 5.41) is 0. The fraction of sp³-hybridized carbons (Fsp3) is 0.429. The van der Waals surface area contributed by atoms with Crippen LogP contribution in [0, 0.1) is 5.92 Å². The van der Waals surface area contributed by atoms with Gasteiger partial charge in [0.1, 0.15) is 0 Å². The molecule has 0 aromatic rings. The van der Waals surface area contributed by atoms with Crippen LogP contribution in [0.2, 0.25) is 0 Å². The van der Waals surface area contributed by atoms with Gasteiger partial charge in [0.15, 0.2) is 0 Å². The van der Waals surface area contributed by atoms with Gasteiger partial charge >= 0.3 is 0 Å². The van der Waals surface area contributed by atoms with E-state index in [0.29, 0.717) is 5.92 Å². The fourth-order valence-corrected chi connectivity index (χ4v) is 1.03. The quantitative estimate of drug-likeness (QED) is 0.553. The third-order valence-corrected chi connectivity index (χ3v) is 2.27. The zero-order valence-electron chi connectivity index (χ0n) is 9.88. The number of hydrogen-bond acceptors (Lipinski definition) is 0. The van der Waals surface area contributed by atoms with Crippen molar-refractivity contribution in [2.45, 2.75) is 34.1 Å². The second kappa shape index (κ2) is 7.37. The van der Waals surface area contributed by atoms with Gasteiger partial charge in [-0.3, -0.25) is 0 Å². The predicted octanol–water partition coefficient (Wildman–Crippen LogP) is 4.67. The van der Waals surface area contributed by atoms with E-state index in [1.165, 1.54) is 12.0 Å². The summed E-state index contributed by atoms with van der Waals surface area (Å²) >= 11 is 0. The molecule has 0 aliphatic carbocycles. The fourth-order valence-electron chi connectivity index (χ4n) is 1.03. The van der Waals surface area contributed by atoms with Gasteiger partial charge in [-0.25, -0.2) is 0 Å². The van der Waals surface area contributed by atoms with Gasteiger partial charge in [-0.05, 0) is 25.3 Å². The molecule has 78 valence electrons. The van der Waals surface area contributed by atoms with Crippen molar-refractivity contribution in [3.63, 3.8) is 0 Å². The van der Waals surface area contributed by atoms with E-state index in [9.17, 15) is 0 Å². The van der Waals surface area contributed by atoms with Gasteiger partial charge in [0.05, 0.1) is 0 Å². The molecule has 0 aliphatic heterocycles. The number of rotatable bonds is 5. The first-order valence-corrected chi connectivity index (χ1v) is 5.28. The summed E-state index contributed by atoms with van der Waals surface area (Å²) in [5.41, 5.74) is 2.32. The van der Waals surface area contributed by atoms with E-state index >= 15 is 0 Å². The minimum atomic E-state index is 0.665. The van der Waals surface area contributed by atoms with Crippen LogP contribution in [-0.4, -0.2) is 0 Å². The monoisotopic (exact) mass is 190 g/mol. The molecule has 0 radical (unpaired) electrons. The van der Waals surface area contributed by atoms with Crippen LogP contribution in [0.5, 0.6) is 0 Å². The maximum atomic E-state index is 3.91. The lowest BCUT2D eigenvalue weighted by molar-refractivity contribution is 0.698. The first-order valence-electron chi connectivity index (χ1n) is 5.28. The molecule has 0 bridgehead atoms. The summed E-state index contributed by atoms with van der Waals surface area (Å²) in [5.74, 6) is 0.665. The summed E-state index contributed by atoms with van der Waals surface area (Å²) in [4.78, 5) is 0. The van der Waals surface area contributed by atoms with E-state index in [4.69, 9.17) is 0 Å². The zero-order valence-corrected chi connectivity index (χ0v) is 9.88. The maximum absolute atomic E-state index is 3.91. The van der Waals surface area contributed by atoms with Crippen LogP contribution in [0.15, 0.2) is 48.1 Å². The highest BCUT2D eigenvalue weighted by atomic mass is 14.0. The number of hydrogen-bond donors (Lipinski definition) is 0. The van der Waals surface area contributed by atoms with Gasteiger partial charge in [0, 0.05) is 0 Å². The Kier molecular flexibility index (Phi) is 6.82. The van der Waals surface area contributed by atoms with Crippen LogP contribution in [0.25, 0.3) is 0 Å². The van der Waals surface area contributed by atoms with Gasteiger partial charge < -0.3 is 0 Å². The number of allylic oxidation sites excluding steroid dienone is 7. The zero-order chi connectivity index (χ0) is 11.0. The van der Waals surface area contributed by atoms with Crippen LogP contribution >= 0.6 is 0 Å². The minimum absolute atomic E-state index is 0.665. The smallest absolute Gasteiger partial charge is 0.0261 e. The first kappa shape index (κ1) is 13.0. The molecule has 0 spiro atoms. The Morgan fingerprint density at radius 1 is 1.36 bits per heavy atom. The topological polar surface area (TPSA) is 0 Å². The van der Waals surface area contributed by atoms with Crippen LogP contribution in [0.4, 0.5) is 0 Å². The predicted molar refractivity (Wildman–Crippen MR) is 66.3 cm³/mol. The van der Waals surface area contributed by atoms with Crippen molar-refractivity contribution >= 4 is 0 Å². The highest BCUT2D eigenvalue weighted by Crippen LogP contribution is 2.08. The molecule has 0 amide bonds. The van der Waals surface area contributed by atoms with Crippen molar-refractivity contribution in [2.24, 2.45) is 5.92 Å². The van der Waals surface area contributed by atoms with E-state index in [0.717, 1.165) is 5.57 Å². The van der Waals surface area contributed by atoms with E-state index < -0.39 is 0 Å². The second-order valence-corrected chi connectivity index (χ2v) is 3.65. The van der Waals surface area contributed by atoms with Gasteiger partial charge in [-0.15, -0.1) is 0 Å². The van der Waals surface area contributed by atoms with Gasteiger partial charge in [-0.1, -0.05) is 62.8 Å². The Morgan fingerprint density at radius 3 is 2.43 bits per heavy atom. The van der Waals surface area contributed by atoms with E-state index in [-0.39, 0.29) is 0 Å². The Bertz CT molecular complexity index is 251. The van der Waals surface area contributed by atoms with Crippen LogP contribution in [-0.2, 0) is 0 Å². The van der Waals surface area contributed by atoms with Gasteiger partial charge in [0.2, 0.25) is 0 Å². The molecule has 14 heavy (non-hydrogen) atoms. The van der Waals surface area contributed by atoms with Crippen LogP contribution < -0.4 is 0 Å². The standard InChI is InChI=1S/C14H22/c1-6-13(5)10-8-9-11-14(7-2)12(3)4/h7-11,13H,3,6H2,1-2,4-5H3/b10-8+,11-9-,14-7-. The van der Waals surface area contributed by atoms with Crippen molar-refractivity contribution in [2.75, 3.05) is 0 Å². The molecule has 1 unspecified atom stereocenters. The normalized spacial score (nSPS) is 15.3. The molecule has 0 fully saturated rings. The van der Waals surface area contributed by atoms with Crippen LogP contribution in [0.1, 0.15) is 34.1 Å². The SMILES string of the molecule is C=C(C)C(/C=C\C=C\C(C)CC)=C\C. The van der Waals surface area contributed by atoms with Crippen molar-refractivity contribution in [1.82, 2.24) is 0 Å². The van der Waals surface area contributed by atoms with Crippen LogP contribution in [0.3, 0.4) is 0 Å². The van der Waals surface area contributed by atoms with E-state index in [1.807, 2.05) is 13.8 Å². The Balaban J connectivity index is 4.18. The van der Waals surface area contributed by atoms with Crippen molar-refractivity contribution in [3.05, 3.63) is 48.1 Å². The lowest BCUT2D eigenvalue weighted by atomic mass is 10.1. The molecule has 0 aromatic heterocycles. The molecule has 0 saturated carbocycles. The molecular weight excluding hydrogens is 168 g/mol. The summed E-state index contributed by atoms with van der Waals surface area (Å²) in [6.45, 7) is 12.4. The molecule has 0 nitrogen and oxygen atoms in total. The molecule has 1 atom stereocenters. The van der Waals surface area contributed by atoms with Gasteiger partial charge in [0.25, 0.3) is 0 Å². The van der Waals surface area contributed by atoms with E-state index in [2.05, 4.69) is 50.8 Å². The highest BCUT2D eigenvalue weighted by Gasteiger charge is 1.89. The average Bonchev–Trinajstić information content (AvgIpc) is 2.16. The van der Waals surface area contributed by atoms with Crippen molar-refractivity contribution < 1.29 is 0 Å². The Hall–Kier alpha value is -1.04. The maximum Gasteiger partial charge on any atom is -0.0261 e. The molecule has 0 N–H and O–H groups in total. The van der Waals surface area contributed by atoms with Crippen molar-refractivity contribution in [3.8, 4) is 0 Å². The Morgan fingerprint density at radius 2 is 2.00 bits per heavy atom. The largest absolute Gasteiger partial charge is 0.0955 e. The third kappa shape index (κ3) is 5.58. The first-order chi connectivity index (χ1) is 6.61. The average molecular weight is 190 g/mol. The molecule has 0 heteroatoms. The third-order valence-electron chi connectivity index (χ3n) is 2.27.